The predicted octanol–water partition coefficient (Wildman–Crippen LogP) is 10.3. The molecule has 0 radical (unpaired) electrons. The van der Waals surface area contributed by atoms with E-state index in [2.05, 4.69) is 181 Å². The third-order valence-electron chi connectivity index (χ3n) is 10.8. The number of anilines is 3. The van der Waals surface area contributed by atoms with Crippen molar-refractivity contribution in [2.24, 2.45) is 0 Å². The van der Waals surface area contributed by atoms with E-state index in [1.54, 1.807) is 0 Å². The first-order valence-corrected chi connectivity index (χ1v) is 19.9. The molecule has 8 aromatic carbocycles. The Balaban J connectivity index is 1.18. The van der Waals surface area contributed by atoms with Crippen LogP contribution >= 0.6 is 0 Å². The van der Waals surface area contributed by atoms with E-state index < -0.39 is 8.07 Å². The maximum atomic E-state index is 6.87. The minimum atomic E-state index is -3.09. The van der Waals surface area contributed by atoms with E-state index in [-0.39, 0.29) is 0 Å². The maximum Gasteiger partial charge on any atom is 0.196 e. The van der Waals surface area contributed by atoms with Gasteiger partial charge in [0.15, 0.2) is 8.07 Å². The normalized spacial score (nSPS) is 15.2. The number of rotatable bonds is 4. The second kappa shape index (κ2) is 11.6. The Bertz CT molecular complexity index is 2840. The second-order valence-corrected chi connectivity index (χ2v) is 17.3. The number of para-hydroxylation sites is 4. The van der Waals surface area contributed by atoms with Gasteiger partial charge in [0.1, 0.15) is 34.2 Å². The van der Waals surface area contributed by atoms with Crippen molar-refractivity contribution in [2.75, 3.05) is 4.90 Å². The van der Waals surface area contributed by atoms with Crippen molar-refractivity contribution in [1.82, 2.24) is 0 Å². The van der Waals surface area contributed by atoms with Crippen LogP contribution in [0.3, 0.4) is 0 Å². The molecule has 0 bridgehead atoms. The van der Waals surface area contributed by atoms with Crippen molar-refractivity contribution in [3.05, 3.63) is 188 Å². The molecule has 1 unspecified atom stereocenters. The predicted molar refractivity (Wildman–Crippen MR) is 218 cm³/mol. The van der Waals surface area contributed by atoms with E-state index >= 15 is 0 Å². The fourth-order valence-corrected chi connectivity index (χ4v) is 13.6. The summed E-state index contributed by atoms with van der Waals surface area (Å²) in [6.45, 7) is 0. The van der Waals surface area contributed by atoms with Crippen molar-refractivity contribution in [1.29, 1.82) is 0 Å². The molecular weight excluding hydrogens is 667 g/mol. The molecule has 2 aliphatic rings. The minimum Gasteiger partial charge on any atom is -0.458 e. The lowest BCUT2D eigenvalue weighted by atomic mass is 10.0. The highest BCUT2D eigenvalue weighted by Gasteiger charge is 2.53. The van der Waals surface area contributed by atoms with Gasteiger partial charge in [-0.3, -0.25) is 0 Å². The monoisotopic (exact) mass is 697 g/mol. The topological polar surface area (TPSA) is 34.8 Å². The Morgan fingerprint density at radius 1 is 0.340 bits per heavy atom. The molecule has 250 valence electrons. The van der Waals surface area contributed by atoms with E-state index in [4.69, 9.17) is 13.9 Å². The van der Waals surface area contributed by atoms with Crippen LogP contribution in [0.25, 0.3) is 33.1 Å². The van der Waals surface area contributed by atoms with Gasteiger partial charge < -0.3 is 18.8 Å². The van der Waals surface area contributed by atoms with E-state index in [1.807, 2.05) is 12.1 Å². The molecule has 0 amide bonds. The lowest BCUT2D eigenvalue weighted by Gasteiger charge is -2.43. The quantitative estimate of drug-likeness (QED) is 0.172. The van der Waals surface area contributed by atoms with Crippen molar-refractivity contribution in [2.45, 2.75) is 0 Å². The molecule has 2 aliphatic heterocycles. The fraction of sp³-hybridized carbons (Fsp3) is 0. The van der Waals surface area contributed by atoms with Crippen molar-refractivity contribution < 1.29 is 13.9 Å². The summed E-state index contributed by atoms with van der Waals surface area (Å²) < 4.78 is 20.3. The van der Waals surface area contributed by atoms with E-state index in [0.29, 0.717) is 0 Å². The summed E-state index contributed by atoms with van der Waals surface area (Å²) in [7, 11) is -3.09. The van der Waals surface area contributed by atoms with Crippen molar-refractivity contribution in [3.8, 4) is 34.1 Å². The molecular formula is C48H31NO3Si. The first-order chi connectivity index (χ1) is 26.3. The molecule has 9 aromatic rings. The number of fused-ring (bicyclic) bond motifs is 11. The maximum absolute atomic E-state index is 6.87. The van der Waals surface area contributed by atoms with Gasteiger partial charge in [-0.1, -0.05) is 115 Å². The average Bonchev–Trinajstić information content (AvgIpc) is 3.59. The molecule has 0 saturated heterocycles. The van der Waals surface area contributed by atoms with E-state index in [0.717, 1.165) is 67.2 Å². The standard InChI is InChI=1S/C48H31NO3Si/c1-3-13-32(14-4-1)33-23-25-35(26-24-33)49(34-15-5-2-6-16-34)36-27-28-42-47(29-36)53(45-21-11-9-19-40(45)51-42)46-22-12-10-20-41(46)52-44-30-38-37-17-7-8-18-39(37)50-43(38)31-48(44)53/h1-31H. The lowest BCUT2D eigenvalue weighted by molar-refractivity contribution is 0.482. The summed E-state index contributed by atoms with van der Waals surface area (Å²) in [5.74, 6) is 3.48. The lowest BCUT2D eigenvalue weighted by Crippen LogP contribution is -2.77. The largest absolute Gasteiger partial charge is 0.458 e. The Morgan fingerprint density at radius 3 is 1.64 bits per heavy atom. The summed E-state index contributed by atoms with van der Waals surface area (Å²) in [6.07, 6.45) is 0. The zero-order valence-corrected chi connectivity index (χ0v) is 29.6. The molecule has 5 heteroatoms. The van der Waals surface area contributed by atoms with Gasteiger partial charge in [0, 0.05) is 33.0 Å². The fourth-order valence-electron chi connectivity index (χ4n) is 8.46. The van der Waals surface area contributed by atoms with Crippen molar-refractivity contribution >= 4 is 67.8 Å². The van der Waals surface area contributed by atoms with Crippen LogP contribution in [0.1, 0.15) is 0 Å². The molecule has 4 nitrogen and oxygen atoms in total. The molecule has 0 fully saturated rings. The summed E-state index contributed by atoms with van der Waals surface area (Å²) in [5, 5.41) is 6.83. The van der Waals surface area contributed by atoms with Crippen LogP contribution in [0, 0.1) is 0 Å². The summed E-state index contributed by atoms with van der Waals surface area (Å²) >= 11 is 0. The van der Waals surface area contributed by atoms with Gasteiger partial charge in [-0.15, -0.1) is 0 Å². The van der Waals surface area contributed by atoms with Gasteiger partial charge in [0.25, 0.3) is 0 Å². The first kappa shape index (κ1) is 29.9. The van der Waals surface area contributed by atoms with Crippen LogP contribution in [0.5, 0.6) is 23.0 Å². The summed E-state index contributed by atoms with van der Waals surface area (Å²) in [4.78, 5) is 2.34. The molecule has 11 rings (SSSR count). The molecule has 3 heterocycles. The highest BCUT2D eigenvalue weighted by molar-refractivity contribution is 7.21. The molecule has 0 saturated carbocycles. The van der Waals surface area contributed by atoms with Gasteiger partial charge in [-0.05, 0) is 99.5 Å². The zero-order valence-electron chi connectivity index (χ0n) is 28.6. The van der Waals surface area contributed by atoms with Gasteiger partial charge in [-0.25, -0.2) is 0 Å². The van der Waals surface area contributed by atoms with Crippen LogP contribution in [-0.4, -0.2) is 8.07 Å². The SMILES string of the molecule is c1ccc(-c2ccc(N(c3ccccc3)c3ccc4c(c3)[Si]3(c5ccccc5O4)c4ccccc4Oc4cc5c(cc43)oc3ccccc35)cc2)cc1. The first-order valence-electron chi connectivity index (χ1n) is 17.9. The number of ether oxygens (including phenoxy) is 2. The van der Waals surface area contributed by atoms with Gasteiger partial charge in [-0.2, -0.15) is 0 Å². The minimum absolute atomic E-state index is 0.853. The molecule has 0 N–H and O–H groups in total. The third-order valence-corrected chi connectivity index (χ3v) is 15.6. The van der Waals surface area contributed by atoms with Crippen LogP contribution in [0.15, 0.2) is 192 Å². The number of nitrogens with zero attached hydrogens (tertiary/aromatic N) is 1. The number of hydrogen-bond donors (Lipinski definition) is 0. The van der Waals surface area contributed by atoms with Gasteiger partial charge >= 0.3 is 0 Å². The average molecular weight is 698 g/mol. The van der Waals surface area contributed by atoms with E-state index in [9.17, 15) is 0 Å². The van der Waals surface area contributed by atoms with E-state index in [1.165, 1.54) is 26.7 Å². The number of benzene rings is 8. The van der Waals surface area contributed by atoms with Crippen molar-refractivity contribution in [3.63, 3.8) is 0 Å². The van der Waals surface area contributed by atoms with Crippen LogP contribution in [-0.2, 0) is 0 Å². The zero-order chi connectivity index (χ0) is 34.9. The molecule has 1 spiro atoms. The van der Waals surface area contributed by atoms with Crippen LogP contribution < -0.4 is 35.1 Å². The Labute approximate surface area is 307 Å². The Kier molecular flexibility index (Phi) is 6.54. The van der Waals surface area contributed by atoms with Gasteiger partial charge in [0.2, 0.25) is 0 Å². The smallest absolute Gasteiger partial charge is 0.196 e. The summed E-state index contributed by atoms with van der Waals surface area (Å²) in [5.41, 5.74) is 7.28. The van der Waals surface area contributed by atoms with Crippen LogP contribution in [0.4, 0.5) is 17.1 Å². The Morgan fingerprint density at radius 2 is 0.887 bits per heavy atom. The molecule has 1 atom stereocenters. The third kappa shape index (κ3) is 4.48. The summed E-state index contributed by atoms with van der Waals surface area (Å²) in [6, 6.07) is 66.4. The highest BCUT2D eigenvalue weighted by atomic mass is 28.3. The molecule has 53 heavy (non-hydrogen) atoms. The van der Waals surface area contributed by atoms with Gasteiger partial charge in [0.05, 0.1) is 0 Å². The number of hydrogen-bond acceptors (Lipinski definition) is 4. The number of furan rings is 1. The Hall–Kier alpha value is -6.82. The molecule has 1 aromatic heterocycles. The second-order valence-electron chi connectivity index (χ2n) is 13.7. The van der Waals surface area contributed by atoms with Crippen LogP contribution in [0.2, 0.25) is 0 Å². The molecule has 0 aliphatic carbocycles. The highest BCUT2D eigenvalue weighted by Crippen LogP contribution is 2.42.